The van der Waals surface area contributed by atoms with Crippen LogP contribution in [0.3, 0.4) is 0 Å². The van der Waals surface area contributed by atoms with Crippen molar-refractivity contribution < 1.29 is 23.1 Å². The van der Waals surface area contributed by atoms with Crippen LogP contribution in [0.5, 0.6) is 0 Å². The number of amides is 1. The Morgan fingerprint density at radius 3 is 2.80 bits per heavy atom. The Labute approximate surface area is 144 Å². The highest BCUT2D eigenvalue weighted by Crippen LogP contribution is 2.40. The summed E-state index contributed by atoms with van der Waals surface area (Å²) in [5.74, 6) is -0.890. The molecule has 0 unspecified atom stereocenters. The number of hydrogen-bond donors (Lipinski definition) is 1. The predicted molar refractivity (Wildman–Crippen MR) is 84.9 cm³/mol. The molecule has 0 radical (unpaired) electrons. The Morgan fingerprint density at radius 1 is 1.40 bits per heavy atom. The van der Waals surface area contributed by atoms with Crippen LogP contribution in [0.2, 0.25) is 0 Å². The number of aromatic nitrogens is 2. The largest absolute Gasteiger partial charge is 0.466 e. The molecule has 1 saturated heterocycles. The van der Waals surface area contributed by atoms with Crippen molar-refractivity contribution in [3.8, 4) is 0 Å². The SMILES string of the molecule is CCOC(=O)[C@@H]1[C@H]2CN(C(=O)c3cc(C(F)F)[nH]n3)C[C@@H]2C=C[C@@H]1C. The number of halogens is 2. The number of nitrogens with zero attached hydrogens (tertiary/aromatic N) is 2. The molecule has 6 nitrogen and oxygen atoms in total. The van der Waals surface area contributed by atoms with E-state index in [9.17, 15) is 18.4 Å². The highest BCUT2D eigenvalue weighted by Gasteiger charge is 2.46. The molecule has 1 aliphatic heterocycles. The molecule has 0 aromatic carbocycles. The van der Waals surface area contributed by atoms with Gasteiger partial charge in [-0.2, -0.15) is 5.10 Å². The van der Waals surface area contributed by atoms with Crippen molar-refractivity contribution in [2.45, 2.75) is 20.3 Å². The number of aromatic amines is 1. The summed E-state index contributed by atoms with van der Waals surface area (Å²) in [6.07, 6.45) is 1.32. The van der Waals surface area contributed by atoms with Crippen molar-refractivity contribution >= 4 is 11.9 Å². The van der Waals surface area contributed by atoms with Crippen LogP contribution in [0.15, 0.2) is 18.2 Å². The minimum Gasteiger partial charge on any atom is -0.466 e. The molecule has 8 heteroatoms. The average Bonchev–Trinajstić information content (AvgIpc) is 3.21. The average molecular weight is 353 g/mol. The van der Waals surface area contributed by atoms with Gasteiger partial charge in [0.05, 0.1) is 12.5 Å². The molecule has 1 aromatic heterocycles. The fraction of sp³-hybridized carbons (Fsp3) is 0.588. The molecule has 1 aromatic rings. The number of ether oxygens (including phenoxy) is 1. The first kappa shape index (κ1) is 17.6. The quantitative estimate of drug-likeness (QED) is 0.666. The maximum atomic E-state index is 12.7. The van der Waals surface area contributed by atoms with Gasteiger partial charge in [0, 0.05) is 13.1 Å². The fourth-order valence-corrected chi connectivity index (χ4v) is 3.78. The number of hydrogen-bond acceptors (Lipinski definition) is 4. The van der Waals surface area contributed by atoms with Gasteiger partial charge in [0.15, 0.2) is 5.69 Å². The van der Waals surface area contributed by atoms with Gasteiger partial charge < -0.3 is 9.64 Å². The van der Waals surface area contributed by atoms with Gasteiger partial charge in [0.1, 0.15) is 5.69 Å². The third-order valence-corrected chi connectivity index (χ3v) is 5.00. The molecule has 1 fully saturated rings. The van der Waals surface area contributed by atoms with Crippen molar-refractivity contribution in [1.29, 1.82) is 0 Å². The number of alkyl halides is 2. The third-order valence-electron chi connectivity index (χ3n) is 5.00. The van der Waals surface area contributed by atoms with E-state index in [0.717, 1.165) is 6.07 Å². The standard InChI is InChI=1S/C17H21F2N3O3/c1-3-25-17(24)14-9(2)4-5-10-7-22(8-11(10)14)16(23)13-6-12(15(18)19)20-21-13/h4-6,9-11,14-15H,3,7-8H2,1-2H3,(H,20,21)/t9-,10-,11-,14-/m0/s1. The minimum atomic E-state index is -2.70. The molecule has 1 aliphatic carbocycles. The van der Waals surface area contributed by atoms with E-state index < -0.39 is 12.3 Å². The lowest BCUT2D eigenvalue weighted by Crippen LogP contribution is -2.37. The Bertz CT molecular complexity index is 688. The van der Waals surface area contributed by atoms with Gasteiger partial charge in [-0.05, 0) is 30.7 Å². The number of likely N-dealkylation sites (tertiary alicyclic amines) is 1. The molecule has 2 aliphatic rings. The topological polar surface area (TPSA) is 75.3 Å². The Kier molecular flexibility index (Phi) is 4.87. The van der Waals surface area contributed by atoms with Crippen LogP contribution in [0, 0.1) is 23.7 Å². The van der Waals surface area contributed by atoms with Gasteiger partial charge in [-0.25, -0.2) is 8.78 Å². The molecule has 136 valence electrons. The predicted octanol–water partition coefficient (Wildman–Crippen LogP) is 2.42. The second kappa shape index (κ2) is 6.93. The van der Waals surface area contributed by atoms with Crippen molar-refractivity contribution in [2.24, 2.45) is 23.7 Å². The normalized spacial score (nSPS) is 28.3. The van der Waals surface area contributed by atoms with Gasteiger partial charge >= 0.3 is 5.97 Å². The number of nitrogens with one attached hydrogen (secondary N) is 1. The number of carbonyl (C=O) groups is 2. The number of H-pyrrole nitrogens is 1. The lowest BCUT2D eigenvalue weighted by Gasteiger charge is -2.31. The van der Waals surface area contributed by atoms with E-state index in [1.165, 1.54) is 0 Å². The molecule has 0 bridgehead atoms. The zero-order valence-electron chi connectivity index (χ0n) is 14.1. The van der Waals surface area contributed by atoms with Crippen LogP contribution in [0.4, 0.5) is 8.78 Å². The molecule has 3 rings (SSSR count). The van der Waals surface area contributed by atoms with Crippen LogP contribution in [0.1, 0.15) is 36.5 Å². The number of esters is 1. The van der Waals surface area contributed by atoms with E-state index in [2.05, 4.69) is 10.2 Å². The summed E-state index contributed by atoms with van der Waals surface area (Å²) in [5, 5.41) is 5.88. The van der Waals surface area contributed by atoms with E-state index in [4.69, 9.17) is 4.74 Å². The smallest absolute Gasteiger partial charge is 0.309 e. The maximum Gasteiger partial charge on any atom is 0.309 e. The molecule has 0 saturated carbocycles. The number of rotatable bonds is 4. The fourth-order valence-electron chi connectivity index (χ4n) is 3.78. The van der Waals surface area contributed by atoms with Crippen LogP contribution < -0.4 is 0 Å². The Balaban J connectivity index is 1.76. The number of allylic oxidation sites excluding steroid dienone is 1. The second-order valence-electron chi connectivity index (χ2n) is 6.57. The van der Waals surface area contributed by atoms with Gasteiger partial charge in [-0.3, -0.25) is 14.7 Å². The van der Waals surface area contributed by atoms with E-state index >= 15 is 0 Å². The molecule has 2 heterocycles. The van der Waals surface area contributed by atoms with E-state index in [-0.39, 0.29) is 41.0 Å². The molecule has 1 N–H and O–H groups in total. The third kappa shape index (κ3) is 3.29. The van der Waals surface area contributed by atoms with Crippen LogP contribution in [-0.4, -0.2) is 46.7 Å². The lowest BCUT2D eigenvalue weighted by molar-refractivity contribution is -0.152. The van der Waals surface area contributed by atoms with Gasteiger partial charge in [-0.15, -0.1) is 0 Å². The second-order valence-corrected chi connectivity index (χ2v) is 6.57. The number of carbonyl (C=O) groups excluding carboxylic acids is 2. The first-order chi connectivity index (χ1) is 11.9. The summed E-state index contributed by atoms with van der Waals surface area (Å²) in [4.78, 5) is 26.5. The minimum absolute atomic E-state index is 0.0290. The zero-order chi connectivity index (χ0) is 18.1. The Hall–Kier alpha value is -2.25. The summed E-state index contributed by atoms with van der Waals surface area (Å²) >= 11 is 0. The van der Waals surface area contributed by atoms with Gasteiger partial charge in [0.25, 0.3) is 12.3 Å². The van der Waals surface area contributed by atoms with Crippen LogP contribution in [0.25, 0.3) is 0 Å². The monoisotopic (exact) mass is 353 g/mol. The van der Waals surface area contributed by atoms with Crippen LogP contribution >= 0.6 is 0 Å². The first-order valence-corrected chi connectivity index (χ1v) is 8.40. The molecular weight excluding hydrogens is 332 g/mol. The summed E-state index contributed by atoms with van der Waals surface area (Å²) in [7, 11) is 0. The number of fused-ring (bicyclic) bond motifs is 1. The summed E-state index contributed by atoms with van der Waals surface area (Å²) < 4.78 is 30.5. The van der Waals surface area contributed by atoms with Gasteiger partial charge in [-0.1, -0.05) is 19.1 Å². The summed E-state index contributed by atoms with van der Waals surface area (Å²) in [5.41, 5.74) is -0.406. The van der Waals surface area contributed by atoms with E-state index in [0.29, 0.717) is 19.7 Å². The summed E-state index contributed by atoms with van der Waals surface area (Å²) in [6, 6.07) is 1.08. The molecule has 1 amide bonds. The Morgan fingerprint density at radius 2 is 2.16 bits per heavy atom. The zero-order valence-corrected chi connectivity index (χ0v) is 14.1. The van der Waals surface area contributed by atoms with Crippen molar-refractivity contribution in [2.75, 3.05) is 19.7 Å². The first-order valence-electron chi connectivity index (χ1n) is 8.40. The van der Waals surface area contributed by atoms with E-state index in [1.807, 2.05) is 19.1 Å². The maximum absolute atomic E-state index is 12.7. The van der Waals surface area contributed by atoms with Gasteiger partial charge in [0.2, 0.25) is 0 Å². The van der Waals surface area contributed by atoms with Crippen molar-refractivity contribution in [1.82, 2.24) is 15.1 Å². The van der Waals surface area contributed by atoms with Crippen LogP contribution in [-0.2, 0) is 9.53 Å². The molecule has 25 heavy (non-hydrogen) atoms. The highest BCUT2D eigenvalue weighted by molar-refractivity contribution is 5.92. The van der Waals surface area contributed by atoms with E-state index in [1.54, 1.807) is 11.8 Å². The van der Waals surface area contributed by atoms with Crippen molar-refractivity contribution in [3.63, 3.8) is 0 Å². The molecule has 0 spiro atoms. The molecular formula is C17H21F2N3O3. The van der Waals surface area contributed by atoms with Crippen molar-refractivity contribution in [3.05, 3.63) is 29.6 Å². The summed E-state index contributed by atoms with van der Waals surface area (Å²) in [6.45, 7) is 4.87. The molecule has 4 atom stereocenters. The highest BCUT2D eigenvalue weighted by atomic mass is 19.3. The lowest BCUT2D eigenvalue weighted by atomic mass is 9.72.